The quantitative estimate of drug-likeness (QED) is 0.624. The van der Waals surface area contributed by atoms with Gasteiger partial charge in [-0.3, -0.25) is 19.4 Å². The molecule has 0 aromatic carbocycles. The highest BCUT2D eigenvalue weighted by atomic mass is 16.5. The Labute approximate surface area is 205 Å². The molecule has 0 saturated heterocycles. The molecule has 2 N–H and O–H groups in total. The van der Waals surface area contributed by atoms with Gasteiger partial charge in [-0.05, 0) is 67.7 Å². The van der Waals surface area contributed by atoms with Gasteiger partial charge in [-0.2, -0.15) is 0 Å². The van der Waals surface area contributed by atoms with Crippen molar-refractivity contribution in [3.05, 3.63) is 53.9 Å². The van der Waals surface area contributed by atoms with Crippen molar-refractivity contribution in [3.63, 3.8) is 0 Å². The Morgan fingerprint density at radius 2 is 2.06 bits per heavy atom. The first kappa shape index (κ1) is 24.1. The van der Waals surface area contributed by atoms with E-state index in [0.29, 0.717) is 12.0 Å². The summed E-state index contributed by atoms with van der Waals surface area (Å²) in [5, 5.41) is 23.1. The van der Waals surface area contributed by atoms with E-state index >= 15 is 0 Å². The number of hydrogen-bond donors (Lipinski definition) is 2. The summed E-state index contributed by atoms with van der Waals surface area (Å²) in [6, 6.07) is 3.48. The topological polar surface area (TPSA) is 114 Å². The molecule has 1 aromatic heterocycles. The molecule has 0 spiro atoms. The molecule has 4 aliphatic carbocycles. The molecule has 7 atom stereocenters. The van der Waals surface area contributed by atoms with E-state index in [2.05, 4.69) is 11.9 Å². The number of carbonyl (C=O) groups excluding carboxylic acids is 3. The Kier molecular flexibility index (Phi) is 5.84. The van der Waals surface area contributed by atoms with Crippen molar-refractivity contribution in [2.45, 2.75) is 64.1 Å². The molecule has 3 saturated carbocycles. The van der Waals surface area contributed by atoms with E-state index < -0.39 is 40.9 Å². The second-order valence-electron chi connectivity index (χ2n) is 11.2. The molecule has 7 heteroatoms. The van der Waals surface area contributed by atoms with E-state index in [9.17, 15) is 24.6 Å². The van der Waals surface area contributed by atoms with Crippen LogP contribution in [-0.4, -0.2) is 51.0 Å². The predicted octanol–water partition coefficient (Wildman–Crippen LogP) is 2.75. The Morgan fingerprint density at radius 1 is 1.26 bits per heavy atom. The lowest BCUT2D eigenvalue weighted by Gasteiger charge is -2.59. The number of aliphatic hydroxyl groups is 2. The average molecular weight is 480 g/mol. The number of aliphatic hydroxyl groups excluding tert-OH is 1. The zero-order chi connectivity index (χ0) is 25.0. The van der Waals surface area contributed by atoms with Crippen molar-refractivity contribution >= 4 is 17.5 Å². The smallest absolute Gasteiger partial charge is 0.310 e. The number of esters is 1. The molecule has 5 rings (SSSR count). The molecule has 3 fully saturated rings. The molecular weight excluding hydrogens is 446 g/mol. The van der Waals surface area contributed by atoms with Gasteiger partial charge in [0.15, 0.2) is 12.4 Å². The molecule has 35 heavy (non-hydrogen) atoms. The summed E-state index contributed by atoms with van der Waals surface area (Å²) in [5.41, 5.74) is -1.11. The first-order valence-electron chi connectivity index (χ1n) is 12.5. The van der Waals surface area contributed by atoms with Gasteiger partial charge in [0.2, 0.25) is 5.78 Å². The Morgan fingerprint density at radius 3 is 2.80 bits per heavy atom. The van der Waals surface area contributed by atoms with Crippen molar-refractivity contribution in [3.8, 4) is 0 Å². The molecule has 186 valence electrons. The Hall–Kier alpha value is -2.64. The van der Waals surface area contributed by atoms with Gasteiger partial charge in [0.25, 0.3) is 0 Å². The molecule has 1 aromatic rings. The third-order valence-corrected chi connectivity index (χ3v) is 9.54. The van der Waals surface area contributed by atoms with Crippen LogP contribution in [0.4, 0.5) is 0 Å². The van der Waals surface area contributed by atoms with Crippen LogP contribution in [0.1, 0.15) is 51.5 Å². The number of fused-ring (bicyclic) bond motifs is 5. The van der Waals surface area contributed by atoms with Gasteiger partial charge >= 0.3 is 5.97 Å². The van der Waals surface area contributed by atoms with Crippen molar-refractivity contribution in [1.29, 1.82) is 0 Å². The number of ketones is 2. The molecule has 0 aliphatic heterocycles. The summed E-state index contributed by atoms with van der Waals surface area (Å²) in [6.07, 6.45) is 10.6. The average Bonchev–Trinajstić information content (AvgIpc) is 3.09. The van der Waals surface area contributed by atoms with Crippen LogP contribution in [0.2, 0.25) is 0 Å². The zero-order valence-electron chi connectivity index (χ0n) is 20.3. The largest absolute Gasteiger partial charge is 0.457 e. The summed E-state index contributed by atoms with van der Waals surface area (Å²) in [5.74, 6) is -0.946. The highest BCUT2D eigenvalue weighted by Crippen LogP contribution is 2.67. The van der Waals surface area contributed by atoms with E-state index in [1.807, 2.05) is 13.0 Å². The van der Waals surface area contributed by atoms with Gasteiger partial charge in [0.05, 0.1) is 12.5 Å². The van der Waals surface area contributed by atoms with Crippen LogP contribution in [-0.2, 0) is 25.5 Å². The highest BCUT2D eigenvalue weighted by Gasteiger charge is 2.68. The fraction of sp³-hybridized carbons (Fsp3) is 0.571. The first-order chi connectivity index (χ1) is 16.6. The van der Waals surface area contributed by atoms with Gasteiger partial charge < -0.3 is 14.9 Å². The lowest BCUT2D eigenvalue weighted by Crippen LogP contribution is -2.61. The maximum atomic E-state index is 13.3. The standard InChI is InChI=1S/C28H33NO6/c1-26-9-7-19(30)13-18(26)5-6-20-21-8-10-28(34,27(21,2)14-22(31)25(20)26)23(32)16-35-24(33)12-17-4-3-11-29-15-17/h3-4,7,9,11,13,15,20-22,25,31,34H,5-6,8,10,12,14,16H2,1-2H3/t20?,21?,22?,25?,26?,27?,28-/m0/s1. The molecule has 1 heterocycles. The number of carbonyl (C=O) groups is 3. The third-order valence-electron chi connectivity index (χ3n) is 9.54. The van der Waals surface area contributed by atoms with E-state index in [-0.39, 0.29) is 42.8 Å². The minimum atomic E-state index is -1.66. The van der Waals surface area contributed by atoms with Crippen molar-refractivity contribution in [2.24, 2.45) is 28.6 Å². The summed E-state index contributed by atoms with van der Waals surface area (Å²) >= 11 is 0. The van der Waals surface area contributed by atoms with E-state index in [0.717, 1.165) is 18.4 Å². The van der Waals surface area contributed by atoms with Crippen LogP contribution in [0.3, 0.4) is 0 Å². The van der Waals surface area contributed by atoms with Gasteiger partial charge in [0, 0.05) is 29.1 Å². The van der Waals surface area contributed by atoms with Crippen LogP contribution in [0.15, 0.2) is 48.3 Å². The van der Waals surface area contributed by atoms with Crippen molar-refractivity contribution < 1.29 is 29.3 Å². The second kappa shape index (κ2) is 8.49. The molecule has 6 unspecified atom stereocenters. The number of pyridine rings is 1. The predicted molar refractivity (Wildman–Crippen MR) is 127 cm³/mol. The summed E-state index contributed by atoms with van der Waals surface area (Å²) in [7, 11) is 0. The van der Waals surface area contributed by atoms with Gasteiger partial charge in [0.1, 0.15) is 5.60 Å². The number of Topliss-reactive ketones (excluding diaryl/α,β-unsaturated/α-hetero) is 1. The van der Waals surface area contributed by atoms with Crippen LogP contribution in [0.5, 0.6) is 0 Å². The maximum absolute atomic E-state index is 13.3. The fourth-order valence-electron chi connectivity index (χ4n) is 7.77. The number of hydrogen-bond acceptors (Lipinski definition) is 7. The number of nitrogens with zero attached hydrogens (tertiary/aromatic N) is 1. The molecule has 7 nitrogen and oxygen atoms in total. The SMILES string of the molecule is CC12C=CC(=O)C=C1CCC1C2C(O)CC2(C)C1CC[C@]2(O)C(=O)COC(=O)Cc1cccnc1. The lowest BCUT2D eigenvalue weighted by molar-refractivity contribution is -0.181. The van der Waals surface area contributed by atoms with Crippen LogP contribution >= 0.6 is 0 Å². The number of rotatable bonds is 5. The lowest BCUT2D eigenvalue weighted by atomic mass is 9.46. The minimum Gasteiger partial charge on any atom is -0.457 e. The Balaban J connectivity index is 1.33. The summed E-state index contributed by atoms with van der Waals surface area (Å²) < 4.78 is 5.25. The van der Waals surface area contributed by atoms with Crippen LogP contribution in [0.25, 0.3) is 0 Å². The van der Waals surface area contributed by atoms with Crippen LogP contribution in [0, 0.1) is 28.6 Å². The monoisotopic (exact) mass is 479 g/mol. The van der Waals surface area contributed by atoms with E-state index in [4.69, 9.17) is 4.74 Å². The fourth-order valence-corrected chi connectivity index (χ4v) is 7.77. The van der Waals surface area contributed by atoms with E-state index in [1.165, 1.54) is 0 Å². The number of aromatic nitrogens is 1. The van der Waals surface area contributed by atoms with Crippen molar-refractivity contribution in [1.82, 2.24) is 4.98 Å². The van der Waals surface area contributed by atoms with Gasteiger partial charge in [-0.15, -0.1) is 0 Å². The maximum Gasteiger partial charge on any atom is 0.310 e. The third kappa shape index (κ3) is 3.71. The molecule has 4 aliphatic rings. The van der Waals surface area contributed by atoms with Crippen molar-refractivity contribution in [2.75, 3.05) is 6.61 Å². The molecule has 0 radical (unpaired) electrons. The summed E-state index contributed by atoms with van der Waals surface area (Å²) in [4.78, 5) is 41.5. The highest BCUT2D eigenvalue weighted by molar-refractivity contribution is 6.01. The van der Waals surface area contributed by atoms with Crippen LogP contribution < -0.4 is 0 Å². The first-order valence-corrected chi connectivity index (χ1v) is 12.5. The van der Waals surface area contributed by atoms with E-state index in [1.54, 1.807) is 36.7 Å². The second-order valence-corrected chi connectivity index (χ2v) is 11.2. The summed E-state index contributed by atoms with van der Waals surface area (Å²) in [6.45, 7) is 3.52. The Bertz CT molecular complexity index is 1110. The van der Waals surface area contributed by atoms with Gasteiger partial charge in [-0.1, -0.05) is 31.6 Å². The molecule has 0 bridgehead atoms. The number of allylic oxidation sites excluding steroid dienone is 4. The zero-order valence-corrected chi connectivity index (χ0v) is 20.3. The number of ether oxygens (including phenoxy) is 1. The van der Waals surface area contributed by atoms with Gasteiger partial charge in [-0.25, -0.2) is 0 Å². The molecule has 0 amide bonds. The normalized spacial score (nSPS) is 39.8. The minimum absolute atomic E-state index is 0.00631. The molecular formula is C28H33NO6.